The number of alkyl halides is 1. The van der Waals surface area contributed by atoms with Gasteiger partial charge in [0.15, 0.2) is 0 Å². The third kappa shape index (κ3) is 1.83. The molecule has 1 aromatic carbocycles. The average Bonchev–Trinajstić information content (AvgIpc) is 2.03. The summed E-state index contributed by atoms with van der Waals surface area (Å²) in [5.41, 5.74) is 0.0806. The summed E-state index contributed by atoms with van der Waals surface area (Å²) in [6.45, 7) is 0.558. The van der Waals surface area contributed by atoms with E-state index in [1.165, 1.54) is 13.0 Å². The number of aromatic carboxylic acids is 1. The van der Waals surface area contributed by atoms with E-state index in [4.69, 9.17) is 5.11 Å². The highest BCUT2D eigenvalue weighted by Gasteiger charge is 2.11. The van der Waals surface area contributed by atoms with Crippen molar-refractivity contribution in [3.8, 4) is 0 Å². The van der Waals surface area contributed by atoms with Crippen LogP contribution < -0.4 is 0 Å². The molecule has 0 saturated carbocycles. The quantitative estimate of drug-likeness (QED) is 0.769. The Morgan fingerprint density at radius 3 is 2.54 bits per heavy atom. The molecule has 1 rings (SSSR count). The van der Waals surface area contributed by atoms with Gasteiger partial charge >= 0.3 is 5.97 Å². The van der Waals surface area contributed by atoms with Crippen LogP contribution in [0.5, 0.6) is 0 Å². The summed E-state index contributed by atoms with van der Waals surface area (Å²) < 4.78 is 25.2. The number of hydrogen-bond donors (Lipinski definition) is 1. The van der Waals surface area contributed by atoms with E-state index >= 15 is 0 Å². The third-order valence-corrected chi connectivity index (χ3v) is 1.80. The van der Waals surface area contributed by atoms with Gasteiger partial charge in [-0.25, -0.2) is 13.6 Å². The molecule has 0 spiro atoms. The van der Waals surface area contributed by atoms with Crippen LogP contribution in [0.25, 0.3) is 0 Å². The van der Waals surface area contributed by atoms with Gasteiger partial charge in [0.1, 0.15) is 12.5 Å². The number of aryl methyl sites for hydroxylation is 1. The van der Waals surface area contributed by atoms with E-state index in [9.17, 15) is 13.6 Å². The number of hydrogen-bond acceptors (Lipinski definition) is 1. The Hall–Kier alpha value is -1.45. The van der Waals surface area contributed by atoms with Crippen LogP contribution in [0.4, 0.5) is 8.78 Å². The van der Waals surface area contributed by atoms with Crippen molar-refractivity contribution in [3.63, 3.8) is 0 Å². The molecule has 0 aliphatic heterocycles. The second-order valence-corrected chi connectivity index (χ2v) is 2.69. The lowest BCUT2D eigenvalue weighted by Crippen LogP contribution is -2.01. The molecule has 0 amide bonds. The van der Waals surface area contributed by atoms with Crippen molar-refractivity contribution in [2.45, 2.75) is 13.6 Å². The van der Waals surface area contributed by atoms with Crippen LogP contribution in [0.3, 0.4) is 0 Å². The lowest BCUT2D eigenvalue weighted by Gasteiger charge is -2.04. The molecule has 1 N–H and O–H groups in total. The van der Waals surface area contributed by atoms with E-state index in [-0.39, 0.29) is 11.1 Å². The molecule has 4 heteroatoms. The Morgan fingerprint density at radius 1 is 1.54 bits per heavy atom. The number of carboxylic acid groups (broad SMARTS) is 1. The molecule has 0 aliphatic carbocycles. The van der Waals surface area contributed by atoms with Gasteiger partial charge in [0.05, 0.1) is 5.56 Å². The van der Waals surface area contributed by atoms with E-state index in [1.54, 1.807) is 0 Å². The Labute approximate surface area is 73.8 Å². The molecule has 2 nitrogen and oxygen atoms in total. The van der Waals surface area contributed by atoms with Crippen LogP contribution in [0.1, 0.15) is 21.5 Å². The molecule has 0 radical (unpaired) electrons. The van der Waals surface area contributed by atoms with Crippen LogP contribution in [-0.2, 0) is 6.67 Å². The molecule has 0 atom stereocenters. The minimum atomic E-state index is -1.22. The molecule has 70 valence electrons. The fourth-order valence-corrected chi connectivity index (χ4v) is 1.07. The Morgan fingerprint density at radius 2 is 2.15 bits per heavy atom. The third-order valence-electron chi connectivity index (χ3n) is 1.80. The standard InChI is InChI=1S/C9H8F2O2/c1-5-2-6(9(12)13)3-8(11)7(5)4-10/h2-3H,4H2,1H3,(H,12,13). The van der Waals surface area contributed by atoms with Gasteiger partial charge in [0.2, 0.25) is 0 Å². The molecule has 0 aromatic heterocycles. The second-order valence-electron chi connectivity index (χ2n) is 2.69. The van der Waals surface area contributed by atoms with Crippen molar-refractivity contribution < 1.29 is 18.7 Å². The minimum absolute atomic E-state index is 0.0787. The monoisotopic (exact) mass is 186 g/mol. The van der Waals surface area contributed by atoms with E-state index in [0.29, 0.717) is 5.56 Å². The molecule has 0 bridgehead atoms. The van der Waals surface area contributed by atoms with E-state index in [0.717, 1.165) is 6.07 Å². The zero-order chi connectivity index (χ0) is 10.0. The Kier molecular flexibility index (Phi) is 2.60. The van der Waals surface area contributed by atoms with E-state index in [2.05, 4.69) is 0 Å². The SMILES string of the molecule is Cc1cc(C(=O)O)cc(F)c1CF. The molecule has 13 heavy (non-hydrogen) atoms. The largest absolute Gasteiger partial charge is 0.478 e. The van der Waals surface area contributed by atoms with Crippen molar-refractivity contribution in [2.24, 2.45) is 0 Å². The van der Waals surface area contributed by atoms with Gasteiger partial charge in [0.25, 0.3) is 0 Å². The van der Waals surface area contributed by atoms with Gasteiger partial charge in [-0.3, -0.25) is 0 Å². The van der Waals surface area contributed by atoms with Crippen LogP contribution in [-0.4, -0.2) is 11.1 Å². The predicted molar refractivity (Wildman–Crippen MR) is 42.9 cm³/mol. The number of carbonyl (C=O) groups is 1. The van der Waals surface area contributed by atoms with Crippen LogP contribution in [0, 0.1) is 12.7 Å². The molecule has 0 fully saturated rings. The summed E-state index contributed by atoms with van der Waals surface area (Å²) >= 11 is 0. The highest BCUT2D eigenvalue weighted by Crippen LogP contribution is 2.16. The lowest BCUT2D eigenvalue weighted by atomic mass is 10.1. The Bertz CT molecular complexity index is 324. The van der Waals surface area contributed by atoms with Crippen LogP contribution in [0.2, 0.25) is 0 Å². The number of halogens is 2. The van der Waals surface area contributed by atoms with Crippen LogP contribution >= 0.6 is 0 Å². The zero-order valence-corrected chi connectivity index (χ0v) is 6.97. The summed E-state index contributed by atoms with van der Waals surface area (Å²) in [5.74, 6) is -2.02. The fraction of sp³-hybridized carbons (Fsp3) is 0.222. The highest BCUT2D eigenvalue weighted by molar-refractivity contribution is 5.87. The fourth-order valence-electron chi connectivity index (χ4n) is 1.07. The van der Waals surface area contributed by atoms with Gasteiger partial charge in [-0.1, -0.05) is 0 Å². The van der Waals surface area contributed by atoms with Crippen molar-refractivity contribution >= 4 is 5.97 Å². The first-order chi connectivity index (χ1) is 6.06. The Balaban J connectivity index is 3.28. The normalized spacial score (nSPS) is 10.1. The zero-order valence-electron chi connectivity index (χ0n) is 6.97. The van der Waals surface area contributed by atoms with Gasteiger partial charge < -0.3 is 5.11 Å². The number of rotatable bonds is 2. The van der Waals surface area contributed by atoms with Gasteiger partial charge in [-0.05, 0) is 24.6 Å². The first-order valence-corrected chi connectivity index (χ1v) is 3.64. The van der Waals surface area contributed by atoms with Gasteiger partial charge in [-0.2, -0.15) is 0 Å². The molecule has 0 aliphatic rings. The van der Waals surface area contributed by atoms with Crippen molar-refractivity contribution in [3.05, 3.63) is 34.6 Å². The maximum Gasteiger partial charge on any atom is 0.335 e. The molecule has 0 unspecified atom stereocenters. The molecular weight excluding hydrogens is 178 g/mol. The highest BCUT2D eigenvalue weighted by atomic mass is 19.1. The topological polar surface area (TPSA) is 37.3 Å². The lowest BCUT2D eigenvalue weighted by molar-refractivity contribution is 0.0696. The maximum atomic E-state index is 13.0. The van der Waals surface area contributed by atoms with Gasteiger partial charge in [0, 0.05) is 5.56 Å². The van der Waals surface area contributed by atoms with Crippen molar-refractivity contribution in [1.82, 2.24) is 0 Å². The first kappa shape index (κ1) is 9.64. The maximum absolute atomic E-state index is 13.0. The predicted octanol–water partition coefficient (Wildman–Crippen LogP) is 2.30. The smallest absolute Gasteiger partial charge is 0.335 e. The summed E-state index contributed by atoms with van der Waals surface area (Å²) in [6.07, 6.45) is 0. The van der Waals surface area contributed by atoms with Crippen LogP contribution in [0.15, 0.2) is 12.1 Å². The van der Waals surface area contributed by atoms with E-state index in [1.807, 2.05) is 0 Å². The number of carboxylic acids is 1. The summed E-state index contributed by atoms with van der Waals surface area (Å²) in [4.78, 5) is 10.4. The average molecular weight is 186 g/mol. The van der Waals surface area contributed by atoms with Crippen molar-refractivity contribution in [1.29, 1.82) is 0 Å². The summed E-state index contributed by atoms with van der Waals surface area (Å²) in [5, 5.41) is 8.54. The second kappa shape index (κ2) is 3.51. The van der Waals surface area contributed by atoms with Gasteiger partial charge in [-0.15, -0.1) is 0 Å². The molecule has 0 saturated heterocycles. The summed E-state index contributed by atoms with van der Waals surface area (Å²) in [7, 11) is 0. The minimum Gasteiger partial charge on any atom is -0.478 e. The number of benzene rings is 1. The summed E-state index contributed by atoms with van der Waals surface area (Å²) in [6, 6.07) is 2.07. The first-order valence-electron chi connectivity index (χ1n) is 3.64. The van der Waals surface area contributed by atoms with E-state index < -0.39 is 18.5 Å². The molecular formula is C9H8F2O2. The van der Waals surface area contributed by atoms with Crippen molar-refractivity contribution in [2.75, 3.05) is 0 Å². The molecule has 1 aromatic rings. The molecule has 0 heterocycles.